The molecule has 1 atom stereocenters. The van der Waals surface area contributed by atoms with Crippen LogP contribution in [0.25, 0.3) is 0 Å². The molecule has 2 heteroatoms. The molecule has 1 heterocycles. The standard InChI is InChI=1S/C19H28N2/c1-17-6-5-9-19(16-17)21-14-12-20(13-15-21)11-10-18-7-3-2-4-8-18/h2-4,7-8,16-17H,5-6,9-15H2,1H3. The van der Waals surface area contributed by atoms with Crippen LogP contribution >= 0.6 is 0 Å². The largest absolute Gasteiger partial charge is 0.372 e. The van der Waals surface area contributed by atoms with Crippen LogP contribution in [-0.2, 0) is 6.42 Å². The summed E-state index contributed by atoms with van der Waals surface area (Å²) in [5, 5.41) is 0. The van der Waals surface area contributed by atoms with E-state index >= 15 is 0 Å². The van der Waals surface area contributed by atoms with E-state index in [-0.39, 0.29) is 0 Å². The van der Waals surface area contributed by atoms with Gasteiger partial charge >= 0.3 is 0 Å². The van der Waals surface area contributed by atoms with Gasteiger partial charge in [0.25, 0.3) is 0 Å². The third-order valence-corrected chi connectivity index (χ3v) is 4.91. The summed E-state index contributed by atoms with van der Waals surface area (Å²) in [7, 11) is 0. The fourth-order valence-corrected chi connectivity index (χ4v) is 3.55. The van der Waals surface area contributed by atoms with E-state index in [1.54, 1.807) is 5.70 Å². The second kappa shape index (κ2) is 7.13. The van der Waals surface area contributed by atoms with Gasteiger partial charge in [-0.05, 0) is 37.2 Å². The molecule has 0 spiro atoms. The van der Waals surface area contributed by atoms with E-state index in [1.165, 1.54) is 64.0 Å². The van der Waals surface area contributed by atoms with E-state index in [2.05, 4.69) is 53.1 Å². The zero-order valence-electron chi connectivity index (χ0n) is 13.3. The lowest BCUT2D eigenvalue weighted by molar-refractivity contribution is 0.154. The van der Waals surface area contributed by atoms with Gasteiger partial charge in [-0.2, -0.15) is 0 Å². The van der Waals surface area contributed by atoms with Crippen LogP contribution in [0.2, 0.25) is 0 Å². The molecular weight excluding hydrogens is 256 g/mol. The lowest BCUT2D eigenvalue weighted by Gasteiger charge is -2.39. The van der Waals surface area contributed by atoms with E-state index < -0.39 is 0 Å². The van der Waals surface area contributed by atoms with Gasteiger partial charge in [-0.3, -0.25) is 4.90 Å². The first kappa shape index (κ1) is 14.6. The number of piperazine rings is 1. The minimum Gasteiger partial charge on any atom is -0.372 e. The van der Waals surface area contributed by atoms with Crippen LogP contribution in [0.5, 0.6) is 0 Å². The minimum absolute atomic E-state index is 0.782. The van der Waals surface area contributed by atoms with Crippen LogP contribution in [0.3, 0.4) is 0 Å². The summed E-state index contributed by atoms with van der Waals surface area (Å²) in [5.74, 6) is 0.782. The van der Waals surface area contributed by atoms with Crippen LogP contribution in [0.4, 0.5) is 0 Å². The van der Waals surface area contributed by atoms with Gasteiger partial charge in [-0.1, -0.05) is 43.3 Å². The summed E-state index contributed by atoms with van der Waals surface area (Å²) in [5.41, 5.74) is 3.08. The summed E-state index contributed by atoms with van der Waals surface area (Å²) >= 11 is 0. The Bertz CT molecular complexity index is 458. The maximum Gasteiger partial charge on any atom is 0.0303 e. The monoisotopic (exact) mass is 284 g/mol. The number of hydrogen-bond donors (Lipinski definition) is 0. The molecule has 0 amide bonds. The summed E-state index contributed by atoms with van der Waals surface area (Å²) in [6.07, 6.45) is 7.75. The van der Waals surface area contributed by atoms with Crippen LogP contribution in [-0.4, -0.2) is 42.5 Å². The van der Waals surface area contributed by atoms with E-state index in [1.807, 2.05) is 0 Å². The second-order valence-corrected chi connectivity index (χ2v) is 6.59. The molecule has 1 saturated heterocycles. The van der Waals surface area contributed by atoms with Crippen molar-refractivity contribution >= 4 is 0 Å². The van der Waals surface area contributed by atoms with Gasteiger partial charge in [-0.25, -0.2) is 0 Å². The quantitative estimate of drug-likeness (QED) is 0.834. The first-order valence-electron chi connectivity index (χ1n) is 8.53. The zero-order chi connectivity index (χ0) is 14.5. The van der Waals surface area contributed by atoms with Crippen molar-refractivity contribution in [3.63, 3.8) is 0 Å². The van der Waals surface area contributed by atoms with Gasteiger partial charge in [-0.15, -0.1) is 0 Å². The van der Waals surface area contributed by atoms with E-state index in [9.17, 15) is 0 Å². The van der Waals surface area contributed by atoms with Crippen molar-refractivity contribution in [2.24, 2.45) is 5.92 Å². The molecule has 0 aromatic heterocycles. The lowest BCUT2D eigenvalue weighted by Crippen LogP contribution is -2.46. The van der Waals surface area contributed by atoms with Gasteiger partial charge in [0.05, 0.1) is 0 Å². The Balaban J connectivity index is 1.45. The molecule has 1 aliphatic carbocycles. The van der Waals surface area contributed by atoms with Crippen molar-refractivity contribution in [1.82, 2.24) is 9.80 Å². The molecule has 1 unspecified atom stereocenters. The maximum atomic E-state index is 2.63. The third-order valence-electron chi connectivity index (χ3n) is 4.91. The first-order chi connectivity index (χ1) is 10.3. The molecule has 2 nitrogen and oxygen atoms in total. The fraction of sp³-hybridized carbons (Fsp3) is 0.579. The molecule has 1 fully saturated rings. The highest BCUT2D eigenvalue weighted by Gasteiger charge is 2.20. The number of nitrogens with zero attached hydrogens (tertiary/aromatic N) is 2. The predicted molar refractivity (Wildman–Crippen MR) is 89.3 cm³/mol. The highest BCUT2D eigenvalue weighted by molar-refractivity contribution is 5.15. The summed E-state index contributed by atoms with van der Waals surface area (Å²) in [4.78, 5) is 5.25. The molecule has 2 aliphatic rings. The molecule has 0 bridgehead atoms. The van der Waals surface area contributed by atoms with Crippen LogP contribution < -0.4 is 0 Å². The van der Waals surface area contributed by atoms with Crippen molar-refractivity contribution in [2.45, 2.75) is 32.6 Å². The van der Waals surface area contributed by atoms with Gasteiger partial charge < -0.3 is 4.90 Å². The van der Waals surface area contributed by atoms with Gasteiger partial charge in [0, 0.05) is 38.4 Å². The number of benzene rings is 1. The Morgan fingerprint density at radius 1 is 1.05 bits per heavy atom. The smallest absolute Gasteiger partial charge is 0.0303 e. The van der Waals surface area contributed by atoms with Crippen LogP contribution in [0, 0.1) is 5.92 Å². The molecule has 0 radical (unpaired) electrons. The highest BCUT2D eigenvalue weighted by Crippen LogP contribution is 2.25. The number of rotatable bonds is 4. The molecule has 1 aliphatic heterocycles. The van der Waals surface area contributed by atoms with Gasteiger partial charge in [0.15, 0.2) is 0 Å². The zero-order valence-corrected chi connectivity index (χ0v) is 13.3. The number of allylic oxidation sites excluding steroid dienone is 2. The lowest BCUT2D eigenvalue weighted by atomic mass is 9.94. The van der Waals surface area contributed by atoms with Crippen molar-refractivity contribution in [3.05, 3.63) is 47.7 Å². The van der Waals surface area contributed by atoms with Crippen LogP contribution in [0.15, 0.2) is 42.1 Å². The van der Waals surface area contributed by atoms with E-state index in [4.69, 9.17) is 0 Å². The topological polar surface area (TPSA) is 6.48 Å². The molecule has 1 aromatic carbocycles. The fourth-order valence-electron chi connectivity index (χ4n) is 3.55. The normalized spacial score (nSPS) is 24.0. The number of hydrogen-bond acceptors (Lipinski definition) is 2. The molecule has 1 aromatic rings. The first-order valence-corrected chi connectivity index (χ1v) is 8.53. The highest BCUT2D eigenvalue weighted by atomic mass is 15.3. The Morgan fingerprint density at radius 3 is 2.52 bits per heavy atom. The second-order valence-electron chi connectivity index (χ2n) is 6.59. The maximum absolute atomic E-state index is 2.63. The molecule has 0 saturated carbocycles. The minimum atomic E-state index is 0.782. The van der Waals surface area contributed by atoms with E-state index in [0.717, 1.165) is 5.92 Å². The molecular formula is C19H28N2. The Hall–Kier alpha value is -1.28. The van der Waals surface area contributed by atoms with Crippen molar-refractivity contribution in [2.75, 3.05) is 32.7 Å². The van der Waals surface area contributed by atoms with Gasteiger partial charge in [0.1, 0.15) is 0 Å². The van der Waals surface area contributed by atoms with Crippen molar-refractivity contribution in [3.8, 4) is 0 Å². The van der Waals surface area contributed by atoms with E-state index in [0.29, 0.717) is 0 Å². The Morgan fingerprint density at radius 2 is 1.81 bits per heavy atom. The summed E-state index contributed by atoms with van der Waals surface area (Å²) < 4.78 is 0. The van der Waals surface area contributed by atoms with Crippen molar-refractivity contribution in [1.29, 1.82) is 0 Å². The third kappa shape index (κ3) is 4.10. The summed E-state index contributed by atoms with van der Waals surface area (Å²) in [6, 6.07) is 10.9. The summed E-state index contributed by atoms with van der Waals surface area (Å²) in [6.45, 7) is 8.43. The van der Waals surface area contributed by atoms with Crippen LogP contribution in [0.1, 0.15) is 31.7 Å². The average molecular weight is 284 g/mol. The van der Waals surface area contributed by atoms with Crippen molar-refractivity contribution < 1.29 is 0 Å². The average Bonchev–Trinajstić information content (AvgIpc) is 2.54. The SMILES string of the molecule is CC1C=C(N2CCN(CCc3ccccc3)CC2)CCC1. The molecule has 21 heavy (non-hydrogen) atoms. The predicted octanol–water partition coefficient (Wildman–Crippen LogP) is 3.55. The molecule has 114 valence electrons. The molecule has 0 N–H and O–H groups in total. The Kier molecular flexibility index (Phi) is 4.97. The van der Waals surface area contributed by atoms with Gasteiger partial charge in [0.2, 0.25) is 0 Å². The molecule has 3 rings (SSSR count). The Labute approximate surface area is 129 Å².